The molecule has 140 valence electrons. The van der Waals surface area contributed by atoms with Crippen LogP contribution in [-0.2, 0) is 14.4 Å². The Hall–Kier alpha value is -1.63. The van der Waals surface area contributed by atoms with Gasteiger partial charge < -0.3 is 15.5 Å². The highest BCUT2D eigenvalue weighted by molar-refractivity contribution is 5.86. The van der Waals surface area contributed by atoms with Crippen molar-refractivity contribution in [1.82, 2.24) is 20.4 Å². The zero-order valence-corrected chi connectivity index (χ0v) is 15.0. The summed E-state index contributed by atoms with van der Waals surface area (Å²) >= 11 is 0. The van der Waals surface area contributed by atoms with Gasteiger partial charge in [-0.1, -0.05) is 19.3 Å². The Morgan fingerprint density at radius 2 is 1.76 bits per heavy atom. The van der Waals surface area contributed by atoms with E-state index in [1.807, 2.05) is 0 Å². The lowest BCUT2D eigenvalue weighted by molar-refractivity contribution is -0.139. The van der Waals surface area contributed by atoms with Crippen molar-refractivity contribution in [2.45, 2.75) is 51.0 Å². The normalized spacial score (nSPS) is 24.0. The Labute approximate surface area is 149 Å². The van der Waals surface area contributed by atoms with Gasteiger partial charge in [0.05, 0.1) is 13.1 Å². The highest BCUT2D eigenvalue weighted by Crippen LogP contribution is 2.24. The molecule has 25 heavy (non-hydrogen) atoms. The molecule has 0 spiro atoms. The van der Waals surface area contributed by atoms with Gasteiger partial charge in [0.25, 0.3) is 0 Å². The van der Waals surface area contributed by atoms with Crippen LogP contribution in [-0.4, -0.2) is 72.8 Å². The van der Waals surface area contributed by atoms with Crippen LogP contribution in [0, 0.1) is 5.92 Å². The van der Waals surface area contributed by atoms with Gasteiger partial charge in [-0.05, 0) is 25.7 Å². The highest BCUT2D eigenvalue weighted by atomic mass is 16.2. The molecule has 3 rings (SSSR count). The van der Waals surface area contributed by atoms with Crippen LogP contribution in [0.5, 0.6) is 0 Å². The van der Waals surface area contributed by atoms with E-state index in [1.54, 1.807) is 4.90 Å². The average Bonchev–Trinajstić information content (AvgIpc) is 2.64. The summed E-state index contributed by atoms with van der Waals surface area (Å²) in [5.41, 5.74) is 0. The third-order valence-corrected chi connectivity index (χ3v) is 5.66. The Balaban J connectivity index is 1.37. The standard InChI is InChI=1S/C18H30N4O3/c23-16-12-22(11-8-19-16)17(24)13-21-9-6-15(7-10-21)20-18(25)14-4-2-1-3-5-14/h14-15H,1-13H2,(H,19,23)(H,20,25). The fourth-order valence-corrected chi connectivity index (χ4v) is 4.06. The zero-order valence-electron chi connectivity index (χ0n) is 15.0. The molecule has 0 radical (unpaired) electrons. The summed E-state index contributed by atoms with van der Waals surface area (Å²) in [6.45, 7) is 3.32. The SMILES string of the molecule is O=C1CN(C(=O)CN2CCC(NC(=O)C3CCCCC3)CC2)CCN1. The highest BCUT2D eigenvalue weighted by Gasteiger charge is 2.28. The number of piperidine rings is 1. The van der Waals surface area contributed by atoms with E-state index in [2.05, 4.69) is 15.5 Å². The second kappa shape index (κ2) is 8.65. The molecule has 3 aliphatic rings. The molecule has 0 aromatic rings. The predicted molar refractivity (Wildman–Crippen MR) is 93.8 cm³/mol. The molecular formula is C18H30N4O3. The molecule has 0 atom stereocenters. The predicted octanol–water partition coefficient (Wildman–Crippen LogP) is 0.106. The van der Waals surface area contributed by atoms with E-state index in [4.69, 9.17) is 0 Å². The number of piperazine rings is 1. The van der Waals surface area contributed by atoms with Crippen molar-refractivity contribution >= 4 is 17.7 Å². The van der Waals surface area contributed by atoms with Gasteiger partial charge in [0.2, 0.25) is 17.7 Å². The quantitative estimate of drug-likeness (QED) is 0.754. The van der Waals surface area contributed by atoms with Crippen LogP contribution in [0.25, 0.3) is 0 Å². The largest absolute Gasteiger partial charge is 0.353 e. The van der Waals surface area contributed by atoms with Crippen LogP contribution < -0.4 is 10.6 Å². The minimum atomic E-state index is -0.0799. The summed E-state index contributed by atoms with van der Waals surface area (Å²) in [6.07, 6.45) is 7.46. The van der Waals surface area contributed by atoms with Gasteiger partial charge in [0.15, 0.2) is 0 Å². The van der Waals surface area contributed by atoms with E-state index in [9.17, 15) is 14.4 Å². The second-order valence-electron chi connectivity index (χ2n) is 7.56. The van der Waals surface area contributed by atoms with Crippen LogP contribution >= 0.6 is 0 Å². The van der Waals surface area contributed by atoms with Crippen molar-refractivity contribution in [2.24, 2.45) is 5.92 Å². The number of carbonyl (C=O) groups is 3. The first kappa shape index (κ1) is 18.2. The molecule has 0 unspecified atom stereocenters. The lowest BCUT2D eigenvalue weighted by Crippen LogP contribution is -2.53. The summed E-state index contributed by atoms with van der Waals surface area (Å²) in [6, 6.07) is 0.238. The third-order valence-electron chi connectivity index (χ3n) is 5.66. The summed E-state index contributed by atoms with van der Waals surface area (Å²) in [4.78, 5) is 39.8. The molecule has 1 saturated carbocycles. The molecule has 2 heterocycles. The smallest absolute Gasteiger partial charge is 0.239 e. The number of carbonyl (C=O) groups excluding carboxylic acids is 3. The molecule has 0 aromatic heterocycles. The van der Waals surface area contributed by atoms with Crippen molar-refractivity contribution in [3.63, 3.8) is 0 Å². The Morgan fingerprint density at radius 3 is 2.44 bits per heavy atom. The molecule has 0 bridgehead atoms. The first-order valence-corrected chi connectivity index (χ1v) is 9.69. The van der Waals surface area contributed by atoms with Crippen LogP contribution in [0.2, 0.25) is 0 Å². The summed E-state index contributed by atoms with van der Waals surface area (Å²) in [5, 5.41) is 5.95. The lowest BCUT2D eigenvalue weighted by Gasteiger charge is -2.35. The maximum Gasteiger partial charge on any atom is 0.239 e. The Bertz CT molecular complexity index is 497. The zero-order chi connectivity index (χ0) is 17.6. The minimum absolute atomic E-state index is 0.0274. The van der Waals surface area contributed by atoms with Gasteiger partial charge >= 0.3 is 0 Å². The van der Waals surface area contributed by atoms with Gasteiger partial charge in [-0.2, -0.15) is 0 Å². The van der Waals surface area contributed by atoms with E-state index >= 15 is 0 Å². The van der Waals surface area contributed by atoms with Crippen molar-refractivity contribution < 1.29 is 14.4 Å². The number of nitrogens with zero attached hydrogens (tertiary/aromatic N) is 2. The molecule has 3 fully saturated rings. The second-order valence-corrected chi connectivity index (χ2v) is 7.56. The molecule has 7 heteroatoms. The number of hydrogen-bond donors (Lipinski definition) is 2. The molecule has 2 aliphatic heterocycles. The number of hydrogen-bond acceptors (Lipinski definition) is 4. The van der Waals surface area contributed by atoms with Crippen molar-refractivity contribution in [2.75, 3.05) is 39.3 Å². The third kappa shape index (κ3) is 5.17. The summed E-state index contributed by atoms with van der Waals surface area (Å²) < 4.78 is 0. The van der Waals surface area contributed by atoms with Gasteiger partial charge in [-0.3, -0.25) is 19.3 Å². The number of amides is 3. The van der Waals surface area contributed by atoms with E-state index < -0.39 is 0 Å². The topological polar surface area (TPSA) is 81.8 Å². The molecule has 3 amide bonds. The minimum Gasteiger partial charge on any atom is -0.353 e. The van der Waals surface area contributed by atoms with Crippen LogP contribution in [0.4, 0.5) is 0 Å². The van der Waals surface area contributed by atoms with E-state index in [1.165, 1.54) is 19.3 Å². The number of rotatable bonds is 4. The number of likely N-dealkylation sites (tertiary alicyclic amines) is 1. The maximum absolute atomic E-state index is 12.3. The van der Waals surface area contributed by atoms with Crippen LogP contribution in [0.15, 0.2) is 0 Å². The summed E-state index contributed by atoms with van der Waals surface area (Å²) in [5.74, 6) is 0.385. The van der Waals surface area contributed by atoms with Gasteiger partial charge in [0, 0.05) is 38.1 Å². The van der Waals surface area contributed by atoms with Crippen molar-refractivity contribution in [3.05, 3.63) is 0 Å². The van der Waals surface area contributed by atoms with E-state index in [0.29, 0.717) is 19.6 Å². The Morgan fingerprint density at radius 1 is 1.04 bits per heavy atom. The number of nitrogens with one attached hydrogen (secondary N) is 2. The average molecular weight is 350 g/mol. The molecule has 0 aromatic carbocycles. The summed E-state index contributed by atoms with van der Waals surface area (Å²) in [7, 11) is 0. The fourth-order valence-electron chi connectivity index (χ4n) is 4.06. The lowest BCUT2D eigenvalue weighted by atomic mass is 9.88. The van der Waals surface area contributed by atoms with Crippen molar-refractivity contribution in [3.8, 4) is 0 Å². The molecule has 2 saturated heterocycles. The van der Waals surface area contributed by atoms with E-state index in [-0.39, 0.29) is 36.2 Å². The molecule has 7 nitrogen and oxygen atoms in total. The molecule has 2 N–H and O–H groups in total. The maximum atomic E-state index is 12.3. The van der Waals surface area contributed by atoms with Crippen LogP contribution in [0.3, 0.4) is 0 Å². The van der Waals surface area contributed by atoms with Gasteiger partial charge in [-0.25, -0.2) is 0 Å². The van der Waals surface area contributed by atoms with Gasteiger partial charge in [-0.15, -0.1) is 0 Å². The van der Waals surface area contributed by atoms with Crippen molar-refractivity contribution in [1.29, 1.82) is 0 Å². The monoisotopic (exact) mass is 350 g/mol. The Kier molecular flexibility index (Phi) is 6.29. The molecular weight excluding hydrogens is 320 g/mol. The van der Waals surface area contributed by atoms with E-state index in [0.717, 1.165) is 38.8 Å². The molecule has 1 aliphatic carbocycles. The first-order chi connectivity index (χ1) is 12.1. The first-order valence-electron chi connectivity index (χ1n) is 9.69. The fraction of sp³-hybridized carbons (Fsp3) is 0.833. The van der Waals surface area contributed by atoms with Crippen LogP contribution in [0.1, 0.15) is 44.9 Å². The van der Waals surface area contributed by atoms with Gasteiger partial charge in [0.1, 0.15) is 0 Å².